The van der Waals surface area contributed by atoms with Crippen molar-refractivity contribution in [1.82, 2.24) is 10.2 Å². The van der Waals surface area contributed by atoms with E-state index in [1.165, 1.54) is 12.1 Å². The SMILES string of the molecule is CCNC(=NCCCCCOC)N1CCN(c2cccc(Cl)c2)CC1.I. The molecule has 0 atom stereocenters. The Morgan fingerprint density at radius 3 is 2.62 bits per heavy atom. The molecule has 1 aromatic carbocycles. The molecule has 148 valence electrons. The fourth-order valence-corrected chi connectivity index (χ4v) is 3.18. The number of rotatable bonds is 8. The van der Waals surface area contributed by atoms with Gasteiger partial charge in [-0.15, -0.1) is 24.0 Å². The maximum Gasteiger partial charge on any atom is 0.194 e. The van der Waals surface area contributed by atoms with Crippen LogP contribution in [0.3, 0.4) is 0 Å². The molecular formula is C19H32ClIN4O. The Morgan fingerprint density at radius 1 is 1.19 bits per heavy atom. The molecule has 0 aromatic heterocycles. The smallest absolute Gasteiger partial charge is 0.194 e. The van der Waals surface area contributed by atoms with E-state index < -0.39 is 0 Å². The van der Waals surface area contributed by atoms with Crippen LogP contribution < -0.4 is 10.2 Å². The van der Waals surface area contributed by atoms with Crippen molar-refractivity contribution in [3.05, 3.63) is 29.3 Å². The Balaban J connectivity index is 0.00000338. The monoisotopic (exact) mass is 494 g/mol. The van der Waals surface area contributed by atoms with Crippen molar-refractivity contribution in [3.63, 3.8) is 0 Å². The molecule has 2 rings (SSSR count). The van der Waals surface area contributed by atoms with Crippen LogP contribution in [0, 0.1) is 0 Å². The van der Waals surface area contributed by atoms with Gasteiger partial charge in [0.15, 0.2) is 5.96 Å². The van der Waals surface area contributed by atoms with Crippen LogP contribution in [0.15, 0.2) is 29.3 Å². The van der Waals surface area contributed by atoms with Crippen LogP contribution in [0.25, 0.3) is 0 Å². The molecule has 1 N–H and O–H groups in total. The number of nitrogens with zero attached hydrogens (tertiary/aromatic N) is 3. The largest absolute Gasteiger partial charge is 0.385 e. The summed E-state index contributed by atoms with van der Waals surface area (Å²) in [6.07, 6.45) is 3.39. The maximum atomic E-state index is 6.11. The van der Waals surface area contributed by atoms with Crippen molar-refractivity contribution in [2.24, 2.45) is 4.99 Å². The van der Waals surface area contributed by atoms with Crippen LogP contribution in [0.1, 0.15) is 26.2 Å². The average Bonchev–Trinajstić information content (AvgIpc) is 2.64. The molecule has 1 aliphatic rings. The van der Waals surface area contributed by atoms with Crippen LogP contribution in [-0.4, -0.2) is 63.8 Å². The van der Waals surface area contributed by atoms with Gasteiger partial charge in [-0.2, -0.15) is 0 Å². The standard InChI is InChI=1S/C19H31ClN4O.HI/c1-3-21-19(22-10-5-4-6-15-25-2)24-13-11-23(12-14-24)18-9-7-8-17(20)16-18;/h7-9,16H,3-6,10-15H2,1-2H3,(H,21,22);1H. The molecule has 26 heavy (non-hydrogen) atoms. The van der Waals surface area contributed by atoms with Gasteiger partial charge < -0.3 is 19.9 Å². The molecule has 0 bridgehead atoms. The van der Waals surface area contributed by atoms with Gasteiger partial charge in [0.1, 0.15) is 0 Å². The normalized spacial score (nSPS) is 15.0. The molecule has 0 radical (unpaired) electrons. The van der Waals surface area contributed by atoms with E-state index in [1.807, 2.05) is 18.2 Å². The molecule has 1 aliphatic heterocycles. The van der Waals surface area contributed by atoms with Crippen LogP contribution in [0.4, 0.5) is 5.69 Å². The Kier molecular flexibility index (Phi) is 12.0. The summed E-state index contributed by atoms with van der Waals surface area (Å²) in [7, 11) is 1.75. The minimum Gasteiger partial charge on any atom is -0.385 e. The lowest BCUT2D eigenvalue weighted by atomic mass is 10.2. The second-order valence-electron chi connectivity index (χ2n) is 6.24. The van der Waals surface area contributed by atoms with Crippen LogP contribution in [0.5, 0.6) is 0 Å². The van der Waals surface area contributed by atoms with E-state index >= 15 is 0 Å². The van der Waals surface area contributed by atoms with Crippen molar-refractivity contribution in [2.45, 2.75) is 26.2 Å². The highest BCUT2D eigenvalue weighted by atomic mass is 127. The molecule has 7 heteroatoms. The first kappa shape index (κ1) is 23.3. The summed E-state index contributed by atoms with van der Waals surface area (Å²) in [5.74, 6) is 1.04. The van der Waals surface area contributed by atoms with Gasteiger partial charge in [-0.05, 0) is 44.4 Å². The third-order valence-corrected chi connectivity index (χ3v) is 4.59. The lowest BCUT2D eigenvalue weighted by Crippen LogP contribution is -2.52. The number of methoxy groups -OCH3 is 1. The number of hydrogen-bond donors (Lipinski definition) is 1. The van der Waals surface area contributed by atoms with E-state index in [0.29, 0.717) is 0 Å². The molecule has 5 nitrogen and oxygen atoms in total. The van der Waals surface area contributed by atoms with E-state index in [0.717, 1.165) is 69.7 Å². The summed E-state index contributed by atoms with van der Waals surface area (Å²) in [4.78, 5) is 9.54. The number of halogens is 2. The molecule has 1 saturated heterocycles. The number of hydrogen-bond acceptors (Lipinski definition) is 3. The number of nitrogens with one attached hydrogen (secondary N) is 1. The van der Waals surface area contributed by atoms with E-state index in [4.69, 9.17) is 21.3 Å². The van der Waals surface area contributed by atoms with Crippen LogP contribution in [0.2, 0.25) is 5.02 Å². The van der Waals surface area contributed by atoms with Gasteiger partial charge >= 0.3 is 0 Å². The van der Waals surface area contributed by atoms with Gasteiger partial charge in [0.2, 0.25) is 0 Å². The van der Waals surface area contributed by atoms with Crippen LogP contribution in [-0.2, 0) is 4.74 Å². The highest BCUT2D eigenvalue weighted by Crippen LogP contribution is 2.20. The lowest BCUT2D eigenvalue weighted by molar-refractivity contribution is 0.192. The first-order valence-electron chi connectivity index (χ1n) is 9.27. The predicted octanol–water partition coefficient (Wildman–Crippen LogP) is 3.86. The zero-order valence-electron chi connectivity index (χ0n) is 15.9. The number of benzene rings is 1. The summed E-state index contributed by atoms with van der Waals surface area (Å²) in [6, 6.07) is 8.10. The molecule has 0 spiro atoms. The molecule has 1 fully saturated rings. The summed E-state index contributed by atoms with van der Waals surface area (Å²) in [5, 5.41) is 4.22. The highest BCUT2D eigenvalue weighted by Gasteiger charge is 2.19. The molecule has 0 unspecified atom stereocenters. The predicted molar refractivity (Wildman–Crippen MR) is 122 cm³/mol. The molecule has 1 aromatic rings. The number of ether oxygens (including phenoxy) is 1. The van der Waals surface area contributed by atoms with Gasteiger partial charge in [0.25, 0.3) is 0 Å². The zero-order valence-corrected chi connectivity index (χ0v) is 19.0. The molecule has 0 aliphatic carbocycles. The minimum absolute atomic E-state index is 0. The third-order valence-electron chi connectivity index (χ3n) is 4.36. The Bertz CT molecular complexity index is 536. The van der Waals surface area contributed by atoms with Crippen molar-refractivity contribution in [2.75, 3.05) is 57.9 Å². The summed E-state index contributed by atoms with van der Waals surface area (Å²) in [6.45, 7) is 8.66. The van der Waals surface area contributed by atoms with E-state index in [2.05, 4.69) is 28.1 Å². The van der Waals surface area contributed by atoms with Crippen LogP contribution >= 0.6 is 35.6 Å². The van der Waals surface area contributed by atoms with Gasteiger partial charge in [-0.1, -0.05) is 17.7 Å². The van der Waals surface area contributed by atoms with Crippen molar-refractivity contribution in [3.8, 4) is 0 Å². The number of guanidine groups is 1. The summed E-state index contributed by atoms with van der Waals surface area (Å²) >= 11 is 6.11. The second-order valence-corrected chi connectivity index (χ2v) is 6.68. The lowest BCUT2D eigenvalue weighted by Gasteiger charge is -2.37. The van der Waals surface area contributed by atoms with E-state index in [1.54, 1.807) is 7.11 Å². The van der Waals surface area contributed by atoms with Gasteiger partial charge in [-0.3, -0.25) is 4.99 Å². The molecule has 0 saturated carbocycles. The first-order chi connectivity index (χ1) is 12.2. The second kappa shape index (κ2) is 13.4. The van der Waals surface area contributed by atoms with Crippen molar-refractivity contribution >= 4 is 47.2 Å². The molecular weight excluding hydrogens is 463 g/mol. The van der Waals surface area contributed by atoms with Gasteiger partial charge in [0, 0.05) is 63.7 Å². The Labute approximate surface area is 180 Å². The number of piperazine rings is 1. The van der Waals surface area contributed by atoms with E-state index in [9.17, 15) is 0 Å². The quantitative estimate of drug-likeness (QED) is 0.258. The Hall–Kier alpha value is -0.730. The van der Waals surface area contributed by atoms with Crippen molar-refractivity contribution in [1.29, 1.82) is 0 Å². The third kappa shape index (κ3) is 7.88. The van der Waals surface area contributed by atoms with Crippen molar-refractivity contribution < 1.29 is 4.74 Å². The number of aliphatic imine (C=N–C) groups is 1. The highest BCUT2D eigenvalue weighted by molar-refractivity contribution is 14.0. The number of unbranched alkanes of at least 4 members (excludes halogenated alkanes) is 2. The summed E-state index contributed by atoms with van der Waals surface area (Å²) < 4.78 is 5.09. The fourth-order valence-electron chi connectivity index (χ4n) is 3.00. The fraction of sp³-hybridized carbons (Fsp3) is 0.632. The average molecular weight is 495 g/mol. The minimum atomic E-state index is 0. The molecule has 1 heterocycles. The molecule has 0 amide bonds. The summed E-state index contributed by atoms with van der Waals surface area (Å²) in [5.41, 5.74) is 1.20. The number of anilines is 1. The topological polar surface area (TPSA) is 40.1 Å². The first-order valence-corrected chi connectivity index (χ1v) is 9.65. The van der Waals surface area contributed by atoms with E-state index in [-0.39, 0.29) is 24.0 Å². The Morgan fingerprint density at radius 2 is 1.96 bits per heavy atom. The van der Waals surface area contributed by atoms with Gasteiger partial charge in [0.05, 0.1) is 0 Å². The zero-order chi connectivity index (χ0) is 17.9. The maximum absolute atomic E-state index is 6.11. The van der Waals surface area contributed by atoms with Gasteiger partial charge in [-0.25, -0.2) is 0 Å².